The van der Waals surface area contributed by atoms with Gasteiger partial charge in [0, 0.05) is 37.1 Å². The second-order valence-corrected chi connectivity index (χ2v) is 7.03. The van der Waals surface area contributed by atoms with Gasteiger partial charge in [0.25, 0.3) is 0 Å². The zero-order valence-electron chi connectivity index (χ0n) is 13.7. The van der Waals surface area contributed by atoms with E-state index in [4.69, 9.17) is 0 Å². The minimum Gasteiger partial charge on any atom is -0.341 e. The molecule has 2 heterocycles. The summed E-state index contributed by atoms with van der Waals surface area (Å²) in [7, 11) is 0. The fourth-order valence-corrected chi connectivity index (χ4v) is 2.69. The van der Waals surface area contributed by atoms with Crippen LogP contribution in [-0.4, -0.2) is 34.0 Å². The Labute approximate surface area is 128 Å². The standard InChI is InChI=1S/C17H29N3O/c1-17(2,3)18-13-15-9-8-12-20(15)14-16(21)19-10-6-4-5-7-11-19/h8-9,12,18H,4-7,10-11,13-14H2,1-3H3. The van der Waals surface area contributed by atoms with E-state index in [0.29, 0.717) is 6.54 Å². The summed E-state index contributed by atoms with van der Waals surface area (Å²) in [4.78, 5) is 14.5. The number of hydrogen-bond acceptors (Lipinski definition) is 2. The largest absolute Gasteiger partial charge is 0.341 e. The first-order chi connectivity index (χ1) is 9.96. The number of rotatable bonds is 4. The first-order valence-corrected chi connectivity index (χ1v) is 8.12. The van der Waals surface area contributed by atoms with E-state index in [-0.39, 0.29) is 11.4 Å². The lowest BCUT2D eigenvalue weighted by molar-refractivity contribution is -0.131. The van der Waals surface area contributed by atoms with Gasteiger partial charge in [-0.2, -0.15) is 0 Å². The third kappa shape index (κ3) is 5.20. The van der Waals surface area contributed by atoms with Crippen LogP contribution in [0.25, 0.3) is 0 Å². The molecule has 0 spiro atoms. The van der Waals surface area contributed by atoms with Crippen LogP contribution in [0.5, 0.6) is 0 Å². The SMILES string of the molecule is CC(C)(C)NCc1cccn1CC(=O)N1CCCCCC1. The van der Waals surface area contributed by atoms with Crippen molar-refractivity contribution in [2.45, 2.75) is 65.1 Å². The van der Waals surface area contributed by atoms with Crippen LogP contribution in [-0.2, 0) is 17.9 Å². The Bertz CT molecular complexity index is 451. The molecule has 4 heteroatoms. The molecule has 4 nitrogen and oxygen atoms in total. The molecular formula is C17H29N3O. The monoisotopic (exact) mass is 291 g/mol. The number of hydrogen-bond donors (Lipinski definition) is 1. The Morgan fingerprint density at radius 1 is 1.19 bits per heavy atom. The summed E-state index contributed by atoms with van der Waals surface area (Å²) >= 11 is 0. The topological polar surface area (TPSA) is 37.3 Å². The predicted molar refractivity (Wildman–Crippen MR) is 86.1 cm³/mol. The van der Waals surface area contributed by atoms with Crippen molar-refractivity contribution in [1.82, 2.24) is 14.8 Å². The van der Waals surface area contributed by atoms with E-state index < -0.39 is 0 Å². The molecule has 0 radical (unpaired) electrons. The van der Waals surface area contributed by atoms with Crippen molar-refractivity contribution < 1.29 is 4.79 Å². The smallest absolute Gasteiger partial charge is 0.242 e. The Morgan fingerprint density at radius 2 is 1.86 bits per heavy atom. The van der Waals surface area contributed by atoms with Gasteiger partial charge in [-0.25, -0.2) is 0 Å². The van der Waals surface area contributed by atoms with Gasteiger partial charge in [-0.1, -0.05) is 12.8 Å². The summed E-state index contributed by atoms with van der Waals surface area (Å²) in [5.74, 6) is 0.255. The molecule has 1 aliphatic heterocycles. The number of nitrogens with one attached hydrogen (secondary N) is 1. The molecule has 1 fully saturated rings. The lowest BCUT2D eigenvalue weighted by atomic mass is 10.1. The van der Waals surface area contributed by atoms with Crippen LogP contribution in [0.1, 0.15) is 52.1 Å². The molecule has 1 amide bonds. The van der Waals surface area contributed by atoms with E-state index in [2.05, 4.69) is 36.7 Å². The maximum absolute atomic E-state index is 12.5. The summed E-state index contributed by atoms with van der Waals surface area (Å²) < 4.78 is 2.08. The van der Waals surface area contributed by atoms with Crippen LogP contribution < -0.4 is 5.32 Å². The maximum Gasteiger partial charge on any atom is 0.242 e. The Hall–Kier alpha value is -1.29. The van der Waals surface area contributed by atoms with Gasteiger partial charge in [-0.15, -0.1) is 0 Å². The minimum absolute atomic E-state index is 0.0872. The van der Waals surface area contributed by atoms with Gasteiger partial charge in [0.15, 0.2) is 0 Å². The van der Waals surface area contributed by atoms with Crippen molar-refractivity contribution in [3.05, 3.63) is 24.0 Å². The average molecular weight is 291 g/mol. The molecule has 21 heavy (non-hydrogen) atoms. The lowest BCUT2D eigenvalue weighted by Crippen LogP contribution is -2.37. The average Bonchev–Trinajstić information content (AvgIpc) is 2.68. The highest BCUT2D eigenvalue weighted by molar-refractivity contribution is 5.76. The third-order valence-electron chi connectivity index (χ3n) is 3.99. The van der Waals surface area contributed by atoms with Gasteiger partial charge in [0.2, 0.25) is 5.91 Å². The highest BCUT2D eigenvalue weighted by Gasteiger charge is 2.17. The van der Waals surface area contributed by atoms with E-state index in [9.17, 15) is 4.79 Å². The summed E-state index contributed by atoms with van der Waals surface area (Å²) in [6.45, 7) is 9.58. The summed E-state index contributed by atoms with van der Waals surface area (Å²) in [5.41, 5.74) is 1.26. The van der Waals surface area contributed by atoms with Crippen LogP contribution in [0.4, 0.5) is 0 Å². The zero-order chi connectivity index (χ0) is 15.3. The van der Waals surface area contributed by atoms with Crippen molar-refractivity contribution in [3.63, 3.8) is 0 Å². The molecule has 0 atom stereocenters. The zero-order valence-corrected chi connectivity index (χ0v) is 13.7. The summed E-state index contributed by atoms with van der Waals surface area (Å²) in [6, 6.07) is 4.11. The van der Waals surface area contributed by atoms with Crippen molar-refractivity contribution in [2.24, 2.45) is 0 Å². The van der Waals surface area contributed by atoms with Crippen molar-refractivity contribution in [3.8, 4) is 0 Å². The Morgan fingerprint density at radius 3 is 2.48 bits per heavy atom. The van der Waals surface area contributed by atoms with E-state index in [1.54, 1.807) is 0 Å². The number of amides is 1. The molecule has 1 aliphatic rings. The quantitative estimate of drug-likeness (QED) is 0.926. The van der Waals surface area contributed by atoms with E-state index in [0.717, 1.165) is 32.5 Å². The van der Waals surface area contributed by atoms with Gasteiger partial charge < -0.3 is 14.8 Å². The van der Waals surface area contributed by atoms with Gasteiger partial charge in [0.05, 0.1) is 0 Å². The molecule has 0 aromatic carbocycles. The highest BCUT2D eigenvalue weighted by Crippen LogP contribution is 2.12. The second kappa shape index (κ2) is 7.12. The molecule has 0 bridgehead atoms. The molecule has 1 saturated heterocycles. The van der Waals surface area contributed by atoms with Gasteiger partial charge >= 0.3 is 0 Å². The van der Waals surface area contributed by atoms with Gasteiger partial charge in [0.1, 0.15) is 6.54 Å². The first-order valence-electron chi connectivity index (χ1n) is 8.12. The predicted octanol–water partition coefficient (Wildman–Crippen LogP) is 2.78. The van der Waals surface area contributed by atoms with E-state index >= 15 is 0 Å². The van der Waals surface area contributed by atoms with Gasteiger partial charge in [-0.05, 0) is 45.7 Å². The molecule has 0 unspecified atom stereocenters. The molecule has 0 aliphatic carbocycles. The molecule has 1 aromatic rings. The number of carbonyl (C=O) groups excluding carboxylic acids is 1. The van der Waals surface area contributed by atoms with Crippen LogP contribution in [0, 0.1) is 0 Å². The molecule has 118 valence electrons. The molecule has 1 aromatic heterocycles. The Kier molecular flexibility index (Phi) is 5.45. The van der Waals surface area contributed by atoms with Crippen molar-refractivity contribution >= 4 is 5.91 Å². The van der Waals surface area contributed by atoms with E-state index in [1.165, 1.54) is 18.5 Å². The molecule has 1 N–H and O–H groups in total. The fraction of sp³-hybridized carbons (Fsp3) is 0.706. The van der Waals surface area contributed by atoms with Crippen LogP contribution in [0.15, 0.2) is 18.3 Å². The molecule has 2 rings (SSSR count). The van der Waals surface area contributed by atoms with E-state index in [1.807, 2.05) is 17.2 Å². The Balaban J connectivity index is 1.93. The first kappa shape index (κ1) is 16.1. The summed E-state index contributed by atoms with van der Waals surface area (Å²) in [6.07, 6.45) is 6.82. The number of nitrogens with zero attached hydrogens (tertiary/aromatic N) is 2. The minimum atomic E-state index is 0.0872. The normalized spacial score (nSPS) is 16.8. The van der Waals surface area contributed by atoms with Crippen molar-refractivity contribution in [2.75, 3.05) is 13.1 Å². The lowest BCUT2D eigenvalue weighted by Gasteiger charge is -2.23. The van der Waals surface area contributed by atoms with Crippen LogP contribution >= 0.6 is 0 Å². The van der Waals surface area contributed by atoms with Gasteiger partial charge in [-0.3, -0.25) is 4.79 Å². The summed E-state index contributed by atoms with van der Waals surface area (Å²) in [5, 5.41) is 3.48. The third-order valence-corrected chi connectivity index (χ3v) is 3.99. The van der Waals surface area contributed by atoms with Crippen molar-refractivity contribution in [1.29, 1.82) is 0 Å². The second-order valence-electron chi connectivity index (χ2n) is 7.03. The van der Waals surface area contributed by atoms with Crippen LogP contribution in [0.3, 0.4) is 0 Å². The number of carbonyl (C=O) groups is 1. The molecular weight excluding hydrogens is 262 g/mol. The fourth-order valence-electron chi connectivity index (χ4n) is 2.69. The highest BCUT2D eigenvalue weighted by atomic mass is 16.2. The molecule has 0 saturated carbocycles. The van der Waals surface area contributed by atoms with Crippen LogP contribution in [0.2, 0.25) is 0 Å². The number of likely N-dealkylation sites (tertiary alicyclic amines) is 1. The number of aromatic nitrogens is 1. The maximum atomic E-state index is 12.5.